The van der Waals surface area contributed by atoms with Crippen molar-refractivity contribution in [2.75, 3.05) is 25.0 Å². The van der Waals surface area contributed by atoms with E-state index in [9.17, 15) is 4.79 Å². The minimum Gasteiger partial charge on any atom is -0.360 e. The first-order valence-corrected chi connectivity index (χ1v) is 5.69. The number of amides is 1. The SMILES string of the molecule is Cc1cc(NC(=O)CCN2CCCC2)no1. The molecule has 0 radical (unpaired) electrons. The number of carbonyl (C=O) groups excluding carboxylic acids is 1. The Bertz CT molecular complexity index is 356. The summed E-state index contributed by atoms with van der Waals surface area (Å²) in [6.45, 7) is 4.88. The van der Waals surface area contributed by atoms with E-state index in [1.807, 2.05) is 0 Å². The fourth-order valence-electron chi connectivity index (χ4n) is 1.90. The summed E-state index contributed by atoms with van der Waals surface area (Å²) in [5.41, 5.74) is 0. The monoisotopic (exact) mass is 223 g/mol. The highest BCUT2D eigenvalue weighted by Crippen LogP contribution is 2.09. The van der Waals surface area contributed by atoms with Gasteiger partial charge in [-0.2, -0.15) is 0 Å². The normalized spacial score (nSPS) is 16.6. The van der Waals surface area contributed by atoms with Gasteiger partial charge in [-0.1, -0.05) is 5.16 Å². The number of hydrogen-bond donors (Lipinski definition) is 1. The Hall–Kier alpha value is -1.36. The van der Waals surface area contributed by atoms with Crippen molar-refractivity contribution in [1.29, 1.82) is 0 Å². The van der Waals surface area contributed by atoms with Crippen LogP contribution in [0.2, 0.25) is 0 Å². The molecule has 1 aliphatic rings. The topological polar surface area (TPSA) is 58.4 Å². The van der Waals surface area contributed by atoms with E-state index in [0.717, 1.165) is 19.6 Å². The molecule has 1 amide bonds. The Morgan fingerprint density at radius 1 is 1.56 bits per heavy atom. The summed E-state index contributed by atoms with van der Waals surface area (Å²) in [5.74, 6) is 1.21. The molecule has 2 rings (SSSR count). The molecular weight excluding hydrogens is 206 g/mol. The summed E-state index contributed by atoms with van der Waals surface area (Å²) >= 11 is 0. The number of aromatic nitrogens is 1. The third-order valence-corrected chi connectivity index (χ3v) is 2.75. The van der Waals surface area contributed by atoms with Crippen LogP contribution in [0.25, 0.3) is 0 Å². The van der Waals surface area contributed by atoms with Gasteiger partial charge >= 0.3 is 0 Å². The molecule has 2 heterocycles. The molecular formula is C11H17N3O2. The van der Waals surface area contributed by atoms with Crippen LogP contribution in [0.1, 0.15) is 25.0 Å². The van der Waals surface area contributed by atoms with Crippen LogP contribution >= 0.6 is 0 Å². The number of aryl methyl sites for hydroxylation is 1. The molecule has 16 heavy (non-hydrogen) atoms. The van der Waals surface area contributed by atoms with Crippen LogP contribution in [0.5, 0.6) is 0 Å². The maximum atomic E-state index is 11.6. The third-order valence-electron chi connectivity index (χ3n) is 2.75. The molecule has 1 N–H and O–H groups in total. The van der Waals surface area contributed by atoms with Crippen molar-refractivity contribution in [1.82, 2.24) is 10.1 Å². The van der Waals surface area contributed by atoms with E-state index in [0.29, 0.717) is 18.0 Å². The first-order valence-electron chi connectivity index (χ1n) is 5.69. The maximum absolute atomic E-state index is 11.6. The van der Waals surface area contributed by atoms with Crippen LogP contribution in [-0.4, -0.2) is 35.6 Å². The van der Waals surface area contributed by atoms with Crippen LogP contribution < -0.4 is 5.32 Å². The van der Waals surface area contributed by atoms with Crippen molar-refractivity contribution >= 4 is 11.7 Å². The number of anilines is 1. The Morgan fingerprint density at radius 3 is 2.94 bits per heavy atom. The van der Waals surface area contributed by atoms with Crippen LogP contribution in [0.15, 0.2) is 10.6 Å². The van der Waals surface area contributed by atoms with Gasteiger partial charge < -0.3 is 14.7 Å². The van der Waals surface area contributed by atoms with Crippen molar-refractivity contribution in [2.45, 2.75) is 26.2 Å². The lowest BCUT2D eigenvalue weighted by molar-refractivity contribution is -0.116. The predicted octanol–water partition coefficient (Wildman–Crippen LogP) is 1.41. The molecule has 5 heteroatoms. The summed E-state index contributed by atoms with van der Waals surface area (Å²) in [4.78, 5) is 13.9. The second kappa shape index (κ2) is 5.12. The first-order chi connectivity index (χ1) is 7.74. The number of likely N-dealkylation sites (tertiary alicyclic amines) is 1. The lowest BCUT2D eigenvalue weighted by Crippen LogP contribution is -2.25. The van der Waals surface area contributed by atoms with Crippen molar-refractivity contribution in [3.8, 4) is 0 Å². The van der Waals surface area contributed by atoms with E-state index in [-0.39, 0.29) is 5.91 Å². The lowest BCUT2D eigenvalue weighted by Gasteiger charge is -2.13. The summed E-state index contributed by atoms with van der Waals surface area (Å²) in [6, 6.07) is 1.72. The number of carbonyl (C=O) groups is 1. The molecule has 0 unspecified atom stereocenters. The fourth-order valence-corrected chi connectivity index (χ4v) is 1.90. The second-order valence-corrected chi connectivity index (χ2v) is 4.17. The molecule has 88 valence electrons. The molecule has 1 aliphatic heterocycles. The minimum absolute atomic E-state index is 0.000185. The van der Waals surface area contributed by atoms with Gasteiger partial charge in [-0.25, -0.2) is 0 Å². The summed E-state index contributed by atoms with van der Waals surface area (Å²) in [7, 11) is 0. The van der Waals surface area contributed by atoms with Gasteiger partial charge in [-0.15, -0.1) is 0 Å². The van der Waals surface area contributed by atoms with E-state index in [4.69, 9.17) is 4.52 Å². The third kappa shape index (κ3) is 3.06. The zero-order chi connectivity index (χ0) is 11.4. The lowest BCUT2D eigenvalue weighted by atomic mass is 10.3. The molecule has 0 aromatic carbocycles. The molecule has 0 bridgehead atoms. The van der Waals surface area contributed by atoms with Gasteiger partial charge in [0, 0.05) is 19.0 Å². The van der Waals surface area contributed by atoms with Gasteiger partial charge in [-0.3, -0.25) is 4.79 Å². The largest absolute Gasteiger partial charge is 0.360 e. The van der Waals surface area contributed by atoms with E-state index in [1.54, 1.807) is 13.0 Å². The molecule has 0 saturated carbocycles. The summed E-state index contributed by atoms with van der Waals surface area (Å²) in [6.07, 6.45) is 3.03. The van der Waals surface area contributed by atoms with Crippen molar-refractivity contribution in [3.05, 3.63) is 11.8 Å². The standard InChI is InChI=1S/C11H17N3O2/c1-9-8-10(13-16-9)12-11(15)4-7-14-5-2-3-6-14/h8H,2-7H2,1H3,(H,12,13,15). The molecule has 1 aromatic rings. The van der Waals surface area contributed by atoms with Crippen LogP contribution in [0, 0.1) is 6.92 Å². The molecule has 5 nitrogen and oxygen atoms in total. The molecule has 1 aromatic heterocycles. The van der Waals surface area contributed by atoms with Gasteiger partial charge in [0.25, 0.3) is 0 Å². The van der Waals surface area contributed by atoms with Crippen molar-refractivity contribution in [2.24, 2.45) is 0 Å². The van der Waals surface area contributed by atoms with Crippen molar-refractivity contribution in [3.63, 3.8) is 0 Å². The van der Waals surface area contributed by atoms with E-state index >= 15 is 0 Å². The molecule has 0 spiro atoms. The van der Waals surface area contributed by atoms with Crippen LogP contribution in [0.4, 0.5) is 5.82 Å². The number of nitrogens with one attached hydrogen (secondary N) is 1. The maximum Gasteiger partial charge on any atom is 0.226 e. The van der Waals surface area contributed by atoms with Gasteiger partial charge in [0.2, 0.25) is 5.91 Å². The first kappa shape index (κ1) is 11.1. The van der Waals surface area contributed by atoms with E-state index in [1.165, 1.54) is 12.8 Å². The highest BCUT2D eigenvalue weighted by atomic mass is 16.5. The number of nitrogens with zero attached hydrogens (tertiary/aromatic N) is 2. The second-order valence-electron chi connectivity index (χ2n) is 4.17. The van der Waals surface area contributed by atoms with Crippen LogP contribution in [0.3, 0.4) is 0 Å². The summed E-state index contributed by atoms with van der Waals surface area (Å²) in [5, 5.41) is 6.43. The van der Waals surface area contributed by atoms with E-state index < -0.39 is 0 Å². The van der Waals surface area contributed by atoms with Gasteiger partial charge in [0.1, 0.15) is 5.76 Å². The zero-order valence-corrected chi connectivity index (χ0v) is 9.53. The molecule has 0 atom stereocenters. The van der Waals surface area contributed by atoms with Crippen LogP contribution in [-0.2, 0) is 4.79 Å². The highest BCUT2D eigenvalue weighted by molar-refractivity contribution is 5.89. The Labute approximate surface area is 94.8 Å². The van der Waals surface area contributed by atoms with E-state index in [2.05, 4.69) is 15.4 Å². The van der Waals surface area contributed by atoms with Gasteiger partial charge in [0.15, 0.2) is 5.82 Å². The van der Waals surface area contributed by atoms with Crippen molar-refractivity contribution < 1.29 is 9.32 Å². The number of rotatable bonds is 4. The Balaban J connectivity index is 1.71. The fraction of sp³-hybridized carbons (Fsp3) is 0.636. The zero-order valence-electron chi connectivity index (χ0n) is 9.53. The highest BCUT2D eigenvalue weighted by Gasteiger charge is 2.13. The Kier molecular flexibility index (Phi) is 3.56. The molecule has 1 saturated heterocycles. The minimum atomic E-state index is 0.000185. The van der Waals surface area contributed by atoms with Gasteiger partial charge in [0.05, 0.1) is 0 Å². The summed E-state index contributed by atoms with van der Waals surface area (Å²) < 4.78 is 4.87. The smallest absolute Gasteiger partial charge is 0.226 e. The van der Waals surface area contributed by atoms with Gasteiger partial charge in [-0.05, 0) is 32.9 Å². The molecule has 1 fully saturated rings. The Morgan fingerprint density at radius 2 is 2.31 bits per heavy atom. The average molecular weight is 223 g/mol. The quantitative estimate of drug-likeness (QED) is 0.838. The average Bonchev–Trinajstić information content (AvgIpc) is 2.87. The predicted molar refractivity (Wildman–Crippen MR) is 60.2 cm³/mol. The molecule has 0 aliphatic carbocycles. The number of hydrogen-bond acceptors (Lipinski definition) is 4.